The minimum absolute atomic E-state index is 0.0300. The summed E-state index contributed by atoms with van der Waals surface area (Å²) in [5.74, 6) is 1.21. The van der Waals surface area contributed by atoms with Crippen molar-refractivity contribution in [3.05, 3.63) is 12.2 Å². The number of nitrogens with zero attached hydrogens (tertiary/aromatic N) is 3. The van der Waals surface area contributed by atoms with Crippen molar-refractivity contribution in [1.82, 2.24) is 14.8 Å². The minimum atomic E-state index is -0.761. The lowest BCUT2D eigenvalue weighted by Crippen LogP contribution is -2.46. The summed E-state index contributed by atoms with van der Waals surface area (Å²) in [5.41, 5.74) is 5.27. The Kier molecular flexibility index (Phi) is 5.02. The fraction of sp³-hybridized carbons (Fsp3) is 0.769. The monoisotopic (exact) mass is 252 g/mol. The molecule has 0 saturated carbocycles. The zero-order valence-electron chi connectivity index (χ0n) is 11.8. The first-order valence-corrected chi connectivity index (χ1v) is 6.55. The Labute approximate surface area is 109 Å². The standard InChI is InChI=1S/C13H24N4O/c1-5-6-13(4,14)11(18)7-12-15-9-16-17(12)8-10(2)3/h9-10H,5-8,14H2,1-4H3. The molecule has 18 heavy (non-hydrogen) atoms. The van der Waals surface area contributed by atoms with Gasteiger partial charge < -0.3 is 5.73 Å². The van der Waals surface area contributed by atoms with Crippen LogP contribution in [0.5, 0.6) is 0 Å². The van der Waals surface area contributed by atoms with Gasteiger partial charge in [0, 0.05) is 6.54 Å². The van der Waals surface area contributed by atoms with Crippen molar-refractivity contribution in [2.45, 2.75) is 59.0 Å². The van der Waals surface area contributed by atoms with Crippen molar-refractivity contribution < 1.29 is 4.79 Å². The van der Waals surface area contributed by atoms with E-state index in [4.69, 9.17) is 5.73 Å². The van der Waals surface area contributed by atoms with E-state index >= 15 is 0 Å². The highest BCUT2D eigenvalue weighted by Gasteiger charge is 2.28. The molecule has 1 rings (SSSR count). The van der Waals surface area contributed by atoms with Crippen LogP contribution in [0.1, 0.15) is 46.4 Å². The van der Waals surface area contributed by atoms with Gasteiger partial charge in [0.1, 0.15) is 12.2 Å². The molecule has 0 aliphatic heterocycles. The maximum absolute atomic E-state index is 12.2. The Morgan fingerprint density at radius 1 is 1.56 bits per heavy atom. The third-order valence-electron chi connectivity index (χ3n) is 2.96. The molecule has 5 heteroatoms. The first-order valence-electron chi connectivity index (χ1n) is 6.55. The number of aromatic nitrogens is 3. The molecule has 0 saturated heterocycles. The van der Waals surface area contributed by atoms with Gasteiger partial charge in [-0.3, -0.25) is 4.79 Å². The summed E-state index contributed by atoms with van der Waals surface area (Å²) in [7, 11) is 0. The first kappa shape index (κ1) is 14.8. The van der Waals surface area contributed by atoms with Crippen LogP contribution >= 0.6 is 0 Å². The van der Waals surface area contributed by atoms with E-state index in [-0.39, 0.29) is 12.2 Å². The van der Waals surface area contributed by atoms with Crippen molar-refractivity contribution in [1.29, 1.82) is 0 Å². The topological polar surface area (TPSA) is 73.8 Å². The van der Waals surface area contributed by atoms with E-state index in [1.807, 2.05) is 6.92 Å². The maximum Gasteiger partial charge on any atom is 0.159 e. The van der Waals surface area contributed by atoms with Gasteiger partial charge in [-0.2, -0.15) is 5.10 Å². The lowest BCUT2D eigenvalue weighted by atomic mass is 9.90. The van der Waals surface area contributed by atoms with Crippen LogP contribution in [0.3, 0.4) is 0 Å². The lowest BCUT2D eigenvalue weighted by Gasteiger charge is -2.22. The number of Topliss-reactive ketones (excluding diaryl/α,β-unsaturated/α-hetero) is 1. The van der Waals surface area contributed by atoms with E-state index in [0.29, 0.717) is 18.2 Å². The zero-order chi connectivity index (χ0) is 13.8. The molecule has 0 radical (unpaired) electrons. The predicted molar refractivity (Wildman–Crippen MR) is 71.1 cm³/mol. The Bertz CT molecular complexity index is 395. The van der Waals surface area contributed by atoms with Crippen molar-refractivity contribution in [3.8, 4) is 0 Å². The second-order valence-electron chi connectivity index (χ2n) is 5.52. The largest absolute Gasteiger partial charge is 0.319 e. The summed E-state index contributed by atoms with van der Waals surface area (Å²) in [6.07, 6.45) is 3.36. The minimum Gasteiger partial charge on any atom is -0.319 e. The fourth-order valence-electron chi connectivity index (χ4n) is 1.93. The first-order chi connectivity index (χ1) is 8.36. The van der Waals surface area contributed by atoms with Gasteiger partial charge in [-0.15, -0.1) is 0 Å². The smallest absolute Gasteiger partial charge is 0.159 e. The van der Waals surface area contributed by atoms with Gasteiger partial charge in [0.25, 0.3) is 0 Å². The molecule has 0 amide bonds. The average Bonchev–Trinajstić information content (AvgIpc) is 2.64. The molecule has 1 unspecified atom stereocenters. The number of ketones is 1. The summed E-state index contributed by atoms with van der Waals surface area (Å²) in [4.78, 5) is 16.3. The molecule has 1 aromatic rings. The molecule has 5 nitrogen and oxygen atoms in total. The number of hydrogen-bond acceptors (Lipinski definition) is 4. The molecule has 0 spiro atoms. The van der Waals surface area contributed by atoms with E-state index in [2.05, 4.69) is 23.9 Å². The summed E-state index contributed by atoms with van der Waals surface area (Å²) < 4.78 is 1.80. The Morgan fingerprint density at radius 3 is 2.78 bits per heavy atom. The summed E-state index contributed by atoms with van der Waals surface area (Å²) in [6.45, 7) is 8.81. The van der Waals surface area contributed by atoms with Crippen LogP contribution in [0.4, 0.5) is 0 Å². The van der Waals surface area contributed by atoms with Gasteiger partial charge in [-0.25, -0.2) is 9.67 Å². The number of carbonyl (C=O) groups excluding carboxylic acids is 1. The third-order valence-corrected chi connectivity index (χ3v) is 2.96. The highest BCUT2D eigenvalue weighted by Crippen LogP contribution is 2.13. The molecule has 0 fully saturated rings. The van der Waals surface area contributed by atoms with Crippen LogP contribution in [0, 0.1) is 5.92 Å². The SMILES string of the molecule is CCCC(C)(N)C(=O)Cc1ncnn1CC(C)C. The summed E-state index contributed by atoms with van der Waals surface area (Å²) in [5, 5.41) is 4.15. The van der Waals surface area contributed by atoms with Gasteiger partial charge in [0.05, 0.1) is 12.0 Å². The molecule has 1 aromatic heterocycles. The van der Waals surface area contributed by atoms with Crippen molar-refractivity contribution >= 4 is 5.78 Å². The quantitative estimate of drug-likeness (QED) is 0.799. The number of rotatable bonds is 7. The molecule has 1 heterocycles. The van der Waals surface area contributed by atoms with E-state index in [0.717, 1.165) is 13.0 Å². The molecule has 0 aromatic carbocycles. The van der Waals surface area contributed by atoms with Crippen molar-refractivity contribution in [2.75, 3.05) is 0 Å². The molecular weight excluding hydrogens is 228 g/mol. The van der Waals surface area contributed by atoms with Crippen LogP contribution in [0.2, 0.25) is 0 Å². The molecule has 0 aliphatic carbocycles. The van der Waals surface area contributed by atoms with E-state index < -0.39 is 5.54 Å². The normalized spacial score (nSPS) is 14.8. The Balaban J connectivity index is 2.73. The lowest BCUT2D eigenvalue weighted by molar-refractivity contribution is -0.123. The highest BCUT2D eigenvalue weighted by atomic mass is 16.1. The number of nitrogens with two attached hydrogens (primary N) is 1. The highest BCUT2D eigenvalue weighted by molar-refractivity contribution is 5.89. The van der Waals surface area contributed by atoms with Crippen molar-refractivity contribution in [2.24, 2.45) is 11.7 Å². The molecule has 2 N–H and O–H groups in total. The van der Waals surface area contributed by atoms with E-state index in [1.165, 1.54) is 6.33 Å². The van der Waals surface area contributed by atoms with Crippen molar-refractivity contribution in [3.63, 3.8) is 0 Å². The second-order valence-corrected chi connectivity index (χ2v) is 5.52. The van der Waals surface area contributed by atoms with Gasteiger partial charge >= 0.3 is 0 Å². The van der Waals surface area contributed by atoms with Gasteiger partial charge in [-0.1, -0.05) is 27.2 Å². The van der Waals surface area contributed by atoms with Gasteiger partial charge in [0.2, 0.25) is 0 Å². The second kappa shape index (κ2) is 6.09. The average molecular weight is 252 g/mol. The van der Waals surface area contributed by atoms with Gasteiger partial charge in [-0.05, 0) is 19.3 Å². The van der Waals surface area contributed by atoms with E-state index in [1.54, 1.807) is 11.6 Å². The number of hydrogen-bond donors (Lipinski definition) is 1. The molecule has 1 atom stereocenters. The van der Waals surface area contributed by atoms with Crippen LogP contribution in [-0.4, -0.2) is 26.1 Å². The molecule has 0 bridgehead atoms. The van der Waals surface area contributed by atoms with Gasteiger partial charge in [0.15, 0.2) is 5.78 Å². The molecular formula is C13H24N4O. The Hall–Kier alpha value is -1.23. The summed E-state index contributed by atoms with van der Waals surface area (Å²) >= 11 is 0. The van der Waals surface area contributed by atoms with Crippen LogP contribution in [0.15, 0.2) is 6.33 Å². The third kappa shape index (κ3) is 3.91. The van der Waals surface area contributed by atoms with Crippen LogP contribution < -0.4 is 5.73 Å². The number of carbonyl (C=O) groups is 1. The molecule has 102 valence electrons. The van der Waals surface area contributed by atoms with Crippen LogP contribution in [0.25, 0.3) is 0 Å². The fourth-order valence-corrected chi connectivity index (χ4v) is 1.93. The maximum atomic E-state index is 12.2. The summed E-state index contributed by atoms with van der Waals surface area (Å²) in [6, 6.07) is 0. The Morgan fingerprint density at radius 2 is 2.22 bits per heavy atom. The molecule has 0 aliphatic rings. The van der Waals surface area contributed by atoms with Crippen LogP contribution in [-0.2, 0) is 17.8 Å². The van der Waals surface area contributed by atoms with E-state index in [9.17, 15) is 4.79 Å². The predicted octanol–water partition coefficient (Wildman–Crippen LogP) is 1.56. The zero-order valence-corrected chi connectivity index (χ0v) is 11.8.